The molecule has 0 atom stereocenters. The minimum absolute atomic E-state index is 0.243. The Balaban J connectivity index is 1.99. The lowest BCUT2D eigenvalue weighted by atomic mass is 9.85. The van der Waals surface area contributed by atoms with Crippen LogP contribution in [0.1, 0.15) is 34.8 Å². The minimum atomic E-state index is -1.12. The number of fused-ring (bicyclic) bond motifs is 1. The molecule has 0 unspecified atom stereocenters. The highest BCUT2D eigenvalue weighted by atomic mass is 16.4. The highest BCUT2D eigenvalue weighted by Gasteiger charge is 2.16. The zero-order chi connectivity index (χ0) is 14.1. The molecule has 0 radical (unpaired) electrons. The molecule has 1 aromatic heterocycles. The number of nitrogens with zero attached hydrogens (tertiary/aromatic N) is 2. The molecule has 20 heavy (non-hydrogen) atoms. The van der Waals surface area contributed by atoms with E-state index in [1.165, 1.54) is 16.7 Å². The molecule has 3 rings (SSSR count). The van der Waals surface area contributed by atoms with Crippen molar-refractivity contribution in [2.75, 3.05) is 0 Å². The molecule has 1 aliphatic rings. The van der Waals surface area contributed by atoms with Gasteiger partial charge in [0.2, 0.25) is 0 Å². The van der Waals surface area contributed by atoms with Gasteiger partial charge in [-0.1, -0.05) is 12.1 Å². The van der Waals surface area contributed by atoms with E-state index in [0.717, 1.165) is 24.9 Å². The normalized spacial score (nSPS) is 14.2. The van der Waals surface area contributed by atoms with Crippen LogP contribution < -0.4 is 5.11 Å². The van der Waals surface area contributed by atoms with E-state index in [4.69, 9.17) is 0 Å². The Morgan fingerprint density at radius 2 is 2.25 bits per heavy atom. The lowest BCUT2D eigenvalue weighted by molar-refractivity contribution is -0.255. The molecule has 0 saturated carbocycles. The number of benzene rings is 1. The van der Waals surface area contributed by atoms with E-state index >= 15 is 0 Å². The summed E-state index contributed by atoms with van der Waals surface area (Å²) in [4.78, 5) is 15.0. The Morgan fingerprint density at radius 1 is 1.40 bits per heavy atom. The van der Waals surface area contributed by atoms with Crippen LogP contribution in [0, 0.1) is 0 Å². The van der Waals surface area contributed by atoms with Crippen LogP contribution in [0.3, 0.4) is 0 Å². The number of carboxylic acids is 1. The van der Waals surface area contributed by atoms with Crippen LogP contribution in [-0.2, 0) is 13.0 Å². The molecule has 0 fully saturated rings. The second-order valence-electron chi connectivity index (χ2n) is 5.12. The first kappa shape index (κ1) is 12.7. The molecule has 0 spiro atoms. The lowest BCUT2D eigenvalue weighted by Crippen LogP contribution is -2.22. The van der Waals surface area contributed by atoms with Crippen molar-refractivity contribution in [1.29, 1.82) is 0 Å². The van der Waals surface area contributed by atoms with E-state index in [1.807, 2.05) is 16.8 Å². The van der Waals surface area contributed by atoms with Crippen molar-refractivity contribution in [3.63, 3.8) is 0 Å². The van der Waals surface area contributed by atoms with Gasteiger partial charge in [0, 0.05) is 18.9 Å². The number of hydrogen-bond acceptors (Lipinski definition) is 3. The number of rotatable bonds is 3. The number of aromatic nitrogens is 2. The largest absolute Gasteiger partial charge is 0.545 e. The fourth-order valence-electron chi connectivity index (χ4n) is 2.73. The molecular weight excluding hydrogens is 252 g/mol. The minimum Gasteiger partial charge on any atom is -0.545 e. The summed E-state index contributed by atoms with van der Waals surface area (Å²) >= 11 is 0. The van der Waals surface area contributed by atoms with E-state index in [9.17, 15) is 9.90 Å². The van der Waals surface area contributed by atoms with Crippen molar-refractivity contribution in [3.8, 4) is 0 Å². The van der Waals surface area contributed by atoms with Gasteiger partial charge in [-0.2, -0.15) is 0 Å². The molecular formula is C16H15N2O2-. The number of imidazole rings is 1. The number of aryl methyl sites for hydroxylation is 1. The maximum Gasteiger partial charge on any atom is 0.0948 e. The molecule has 102 valence electrons. The number of aromatic carboxylic acids is 1. The average molecular weight is 267 g/mol. The van der Waals surface area contributed by atoms with E-state index in [0.29, 0.717) is 0 Å². The Kier molecular flexibility index (Phi) is 3.14. The molecule has 0 saturated heterocycles. The third-order valence-electron chi connectivity index (χ3n) is 3.91. The maximum absolute atomic E-state index is 11.0. The zero-order valence-corrected chi connectivity index (χ0v) is 11.3. The van der Waals surface area contributed by atoms with Crippen LogP contribution in [0.15, 0.2) is 42.5 Å². The van der Waals surface area contributed by atoms with Gasteiger partial charge in [0.15, 0.2) is 0 Å². The quantitative estimate of drug-likeness (QED) is 0.850. The summed E-state index contributed by atoms with van der Waals surface area (Å²) in [6.45, 7) is 2.87. The topological polar surface area (TPSA) is 58.0 Å². The van der Waals surface area contributed by atoms with E-state index in [2.05, 4.69) is 11.9 Å². The van der Waals surface area contributed by atoms with Crippen molar-refractivity contribution in [2.45, 2.75) is 26.3 Å². The first-order valence-corrected chi connectivity index (χ1v) is 6.64. The fourth-order valence-corrected chi connectivity index (χ4v) is 2.73. The number of allylic oxidation sites excluding steroid dienone is 2. The summed E-state index contributed by atoms with van der Waals surface area (Å²) in [7, 11) is 0. The molecule has 0 aliphatic heterocycles. The Morgan fingerprint density at radius 3 is 2.95 bits per heavy atom. The van der Waals surface area contributed by atoms with Gasteiger partial charge in [-0.3, -0.25) is 0 Å². The van der Waals surface area contributed by atoms with Gasteiger partial charge in [-0.25, -0.2) is 4.98 Å². The van der Waals surface area contributed by atoms with Gasteiger partial charge in [0.1, 0.15) is 0 Å². The predicted molar refractivity (Wildman–Crippen MR) is 73.9 cm³/mol. The summed E-state index contributed by atoms with van der Waals surface area (Å²) in [5, 5.41) is 11.0. The highest BCUT2D eigenvalue weighted by Crippen LogP contribution is 2.32. The predicted octanol–water partition coefficient (Wildman–Crippen LogP) is 1.67. The standard InChI is InChI=1S/C16H16N2O2/c1-11-14(9-18-7-6-17-10-18)5-3-12-2-4-13(16(19)20)8-15(11)12/h2,4,6-8,10H,3,5,9H2,1H3,(H,19,20)/p-1. The van der Waals surface area contributed by atoms with Crippen LogP contribution in [-0.4, -0.2) is 15.5 Å². The van der Waals surface area contributed by atoms with Gasteiger partial charge in [0.25, 0.3) is 0 Å². The van der Waals surface area contributed by atoms with Crippen LogP contribution in [0.2, 0.25) is 0 Å². The molecule has 2 aromatic rings. The van der Waals surface area contributed by atoms with Gasteiger partial charge in [-0.05, 0) is 53.7 Å². The smallest absolute Gasteiger partial charge is 0.0948 e. The maximum atomic E-state index is 11.0. The van der Waals surface area contributed by atoms with Gasteiger partial charge >= 0.3 is 0 Å². The van der Waals surface area contributed by atoms with Crippen LogP contribution in [0.5, 0.6) is 0 Å². The summed E-state index contributed by atoms with van der Waals surface area (Å²) in [6, 6.07) is 5.26. The molecule has 4 nitrogen and oxygen atoms in total. The SMILES string of the molecule is CC1=C(Cn2ccnc2)CCc2ccc(C(=O)[O-])cc21. The van der Waals surface area contributed by atoms with Gasteiger partial charge in [0.05, 0.1) is 12.3 Å². The molecule has 1 aromatic carbocycles. The second kappa shape index (κ2) is 4.96. The van der Waals surface area contributed by atoms with Crippen molar-refractivity contribution in [1.82, 2.24) is 9.55 Å². The average Bonchev–Trinajstić information content (AvgIpc) is 2.94. The Labute approximate surface area is 117 Å². The molecule has 0 N–H and O–H groups in total. The molecule has 0 bridgehead atoms. The lowest BCUT2D eigenvalue weighted by Gasteiger charge is -2.22. The summed E-state index contributed by atoms with van der Waals surface area (Å²) in [5.74, 6) is -1.12. The third kappa shape index (κ3) is 2.25. The number of hydrogen-bond donors (Lipinski definition) is 0. The van der Waals surface area contributed by atoms with Crippen molar-refractivity contribution < 1.29 is 9.90 Å². The van der Waals surface area contributed by atoms with Crippen LogP contribution >= 0.6 is 0 Å². The summed E-state index contributed by atoms with van der Waals surface area (Å²) < 4.78 is 2.03. The van der Waals surface area contributed by atoms with E-state index in [1.54, 1.807) is 24.7 Å². The zero-order valence-electron chi connectivity index (χ0n) is 11.3. The first-order chi connectivity index (χ1) is 9.65. The molecule has 0 amide bonds. The van der Waals surface area contributed by atoms with E-state index < -0.39 is 5.97 Å². The van der Waals surface area contributed by atoms with E-state index in [-0.39, 0.29) is 5.56 Å². The van der Waals surface area contributed by atoms with Crippen molar-refractivity contribution >= 4 is 11.5 Å². The number of carbonyl (C=O) groups is 1. The third-order valence-corrected chi connectivity index (χ3v) is 3.91. The Bertz CT molecular complexity index is 685. The molecule has 4 heteroatoms. The number of carbonyl (C=O) groups excluding carboxylic acids is 1. The van der Waals surface area contributed by atoms with Crippen molar-refractivity contribution in [3.05, 3.63) is 59.2 Å². The number of carboxylic acid groups (broad SMARTS) is 1. The summed E-state index contributed by atoms with van der Waals surface area (Å²) in [6.07, 6.45) is 7.45. The first-order valence-electron chi connectivity index (χ1n) is 6.64. The Hall–Kier alpha value is -2.36. The monoisotopic (exact) mass is 267 g/mol. The molecule has 1 aliphatic carbocycles. The second-order valence-corrected chi connectivity index (χ2v) is 5.12. The van der Waals surface area contributed by atoms with Gasteiger partial charge < -0.3 is 14.5 Å². The summed E-state index contributed by atoms with van der Waals surface area (Å²) in [5.41, 5.74) is 4.98. The van der Waals surface area contributed by atoms with Crippen molar-refractivity contribution in [2.24, 2.45) is 0 Å². The van der Waals surface area contributed by atoms with Crippen LogP contribution in [0.4, 0.5) is 0 Å². The van der Waals surface area contributed by atoms with Gasteiger partial charge in [-0.15, -0.1) is 0 Å². The highest BCUT2D eigenvalue weighted by molar-refractivity contribution is 5.88. The van der Waals surface area contributed by atoms with Crippen LogP contribution in [0.25, 0.3) is 5.57 Å². The fraction of sp³-hybridized carbons (Fsp3) is 0.250. The molecule has 1 heterocycles.